The quantitative estimate of drug-likeness (QED) is 0.869. The van der Waals surface area contributed by atoms with Gasteiger partial charge in [0.25, 0.3) is 0 Å². The largest absolute Gasteiger partial charge is 0.330 e. The molecule has 19 heavy (non-hydrogen) atoms. The second-order valence-electron chi connectivity index (χ2n) is 4.83. The average molecular weight is 295 g/mol. The molecule has 0 aliphatic carbocycles. The van der Waals surface area contributed by atoms with Gasteiger partial charge in [0.05, 0.1) is 0 Å². The van der Waals surface area contributed by atoms with E-state index in [1.54, 1.807) is 0 Å². The summed E-state index contributed by atoms with van der Waals surface area (Å²) in [5.41, 5.74) is 6.07. The monoisotopic (exact) mass is 294 g/mol. The highest BCUT2D eigenvalue weighted by molar-refractivity contribution is 5.85. The van der Waals surface area contributed by atoms with E-state index in [2.05, 4.69) is 4.90 Å². The van der Waals surface area contributed by atoms with E-state index < -0.39 is 17.5 Å². The van der Waals surface area contributed by atoms with Gasteiger partial charge in [0, 0.05) is 6.54 Å². The highest BCUT2D eigenvalue weighted by Crippen LogP contribution is 2.20. The van der Waals surface area contributed by atoms with Crippen molar-refractivity contribution in [2.75, 3.05) is 19.6 Å². The van der Waals surface area contributed by atoms with Crippen LogP contribution in [0.25, 0.3) is 0 Å². The van der Waals surface area contributed by atoms with E-state index in [4.69, 9.17) is 5.73 Å². The minimum absolute atomic E-state index is 0. The van der Waals surface area contributed by atoms with Crippen molar-refractivity contribution in [2.45, 2.75) is 19.4 Å². The van der Waals surface area contributed by atoms with Gasteiger partial charge < -0.3 is 5.73 Å². The van der Waals surface area contributed by atoms with Gasteiger partial charge in [-0.1, -0.05) is 0 Å². The van der Waals surface area contributed by atoms with Gasteiger partial charge >= 0.3 is 0 Å². The molecule has 2 rings (SSSR count). The summed E-state index contributed by atoms with van der Waals surface area (Å²) in [5.74, 6) is -3.10. The van der Waals surface area contributed by atoms with Crippen LogP contribution >= 0.6 is 12.4 Å². The third-order valence-electron chi connectivity index (χ3n) is 3.49. The van der Waals surface area contributed by atoms with Gasteiger partial charge in [0.2, 0.25) is 0 Å². The van der Waals surface area contributed by atoms with Crippen LogP contribution in [0.15, 0.2) is 12.1 Å². The first-order valence-corrected chi connectivity index (χ1v) is 6.16. The van der Waals surface area contributed by atoms with Crippen molar-refractivity contribution in [3.8, 4) is 0 Å². The third-order valence-corrected chi connectivity index (χ3v) is 3.49. The number of hydrogen-bond donors (Lipinski definition) is 1. The van der Waals surface area contributed by atoms with Crippen molar-refractivity contribution in [3.63, 3.8) is 0 Å². The molecule has 0 spiro atoms. The molecule has 0 unspecified atom stereocenters. The number of likely N-dealkylation sites (tertiary alicyclic amines) is 1. The van der Waals surface area contributed by atoms with E-state index in [-0.39, 0.29) is 12.4 Å². The maximum absolute atomic E-state index is 13.1. The number of nitrogens with zero attached hydrogens (tertiary/aromatic N) is 1. The average Bonchev–Trinajstić information content (AvgIpc) is 2.37. The van der Waals surface area contributed by atoms with Crippen molar-refractivity contribution in [3.05, 3.63) is 35.1 Å². The Morgan fingerprint density at radius 2 is 1.63 bits per heavy atom. The Morgan fingerprint density at radius 1 is 1.11 bits per heavy atom. The molecule has 1 aromatic rings. The van der Waals surface area contributed by atoms with E-state index in [1.165, 1.54) is 0 Å². The highest BCUT2D eigenvalue weighted by Gasteiger charge is 2.19. The molecule has 0 radical (unpaired) electrons. The molecule has 0 amide bonds. The Kier molecular flexibility index (Phi) is 6.10. The fourth-order valence-electron chi connectivity index (χ4n) is 2.34. The fourth-order valence-corrected chi connectivity index (χ4v) is 2.34. The second kappa shape index (κ2) is 7.12. The molecule has 6 heteroatoms. The maximum atomic E-state index is 13.1. The lowest BCUT2D eigenvalue weighted by atomic mass is 9.97. The number of rotatable bonds is 3. The van der Waals surface area contributed by atoms with Gasteiger partial charge in [-0.3, -0.25) is 4.90 Å². The standard InChI is InChI=1S/C13H17F3N2.ClH/c14-11-5-10(6-12(15)13(11)16)8-18-3-1-9(7-17)2-4-18;/h5-6,9H,1-4,7-8,17H2;1H. The summed E-state index contributed by atoms with van der Waals surface area (Å²) >= 11 is 0. The van der Waals surface area contributed by atoms with Crippen LogP contribution in [0.4, 0.5) is 13.2 Å². The summed E-state index contributed by atoms with van der Waals surface area (Å²) < 4.78 is 38.9. The zero-order chi connectivity index (χ0) is 13.1. The van der Waals surface area contributed by atoms with E-state index in [0.717, 1.165) is 38.1 Å². The van der Waals surface area contributed by atoms with Crippen molar-refractivity contribution in [2.24, 2.45) is 11.7 Å². The topological polar surface area (TPSA) is 29.3 Å². The van der Waals surface area contributed by atoms with Gasteiger partial charge in [0.1, 0.15) is 0 Å². The molecule has 0 aromatic heterocycles. The number of nitrogens with two attached hydrogens (primary N) is 1. The van der Waals surface area contributed by atoms with Crippen LogP contribution in [-0.4, -0.2) is 24.5 Å². The summed E-state index contributed by atoms with van der Waals surface area (Å²) in [4.78, 5) is 2.11. The number of halogens is 4. The minimum atomic E-state index is -1.40. The van der Waals surface area contributed by atoms with Gasteiger partial charge in [-0.2, -0.15) is 0 Å². The fraction of sp³-hybridized carbons (Fsp3) is 0.538. The van der Waals surface area contributed by atoms with Crippen molar-refractivity contribution >= 4 is 12.4 Å². The van der Waals surface area contributed by atoms with Crippen LogP contribution in [0.5, 0.6) is 0 Å². The molecule has 1 aliphatic rings. The Morgan fingerprint density at radius 3 is 2.11 bits per heavy atom. The predicted octanol–water partition coefficient (Wildman–Crippen LogP) is 2.70. The minimum Gasteiger partial charge on any atom is -0.330 e. The lowest BCUT2D eigenvalue weighted by molar-refractivity contribution is 0.180. The Hall–Kier alpha value is -0.780. The lowest BCUT2D eigenvalue weighted by Crippen LogP contribution is -2.35. The van der Waals surface area contributed by atoms with Crippen molar-refractivity contribution < 1.29 is 13.2 Å². The van der Waals surface area contributed by atoms with Crippen LogP contribution < -0.4 is 5.73 Å². The van der Waals surface area contributed by atoms with Gasteiger partial charge in [-0.05, 0) is 56.1 Å². The molecule has 0 saturated carbocycles. The first-order valence-electron chi connectivity index (χ1n) is 6.16. The molecule has 2 nitrogen and oxygen atoms in total. The maximum Gasteiger partial charge on any atom is 0.194 e. The SMILES string of the molecule is Cl.NCC1CCN(Cc2cc(F)c(F)c(F)c2)CC1. The number of piperidine rings is 1. The molecule has 2 N–H and O–H groups in total. The molecular weight excluding hydrogens is 277 g/mol. The number of hydrogen-bond acceptors (Lipinski definition) is 2. The van der Waals surface area contributed by atoms with Gasteiger partial charge in [-0.15, -0.1) is 12.4 Å². The Labute approximate surface area is 117 Å². The summed E-state index contributed by atoms with van der Waals surface area (Å²) in [5, 5.41) is 0. The summed E-state index contributed by atoms with van der Waals surface area (Å²) in [6.07, 6.45) is 2.01. The zero-order valence-corrected chi connectivity index (χ0v) is 11.4. The van der Waals surface area contributed by atoms with Crippen molar-refractivity contribution in [1.82, 2.24) is 4.90 Å². The summed E-state index contributed by atoms with van der Waals surface area (Å²) in [6.45, 7) is 2.87. The summed E-state index contributed by atoms with van der Waals surface area (Å²) in [7, 11) is 0. The molecule has 108 valence electrons. The molecule has 1 saturated heterocycles. The van der Waals surface area contributed by atoms with Crippen LogP contribution in [0.1, 0.15) is 18.4 Å². The molecule has 0 atom stereocenters. The Bertz CT molecular complexity index is 397. The molecular formula is C13H18ClF3N2. The Balaban J connectivity index is 0.00000180. The summed E-state index contributed by atoms with van der Waals surface area (Å²) in [6, 6.07) is 2.13. The van der Waals surface area contributed by atoms with E-state index in [0.29, 0.717) is 24.6 Å². The van der Waals surface area contributed by atoms with Crippen LogP contribution in [0.3, 0.4) is 0 Å². The predicted molar refractivity (Wildman–Crippen MR) is 70.6 cm³/mol. The van der Waals surface area contributed by atoms with Crippen LogP contribution in [0.2, 0.25) is 0 Å². The van der Waals surface area contributed by atoms with Gasteiger partial charge in [0.15, 0.2) is 17.5 Å². The van der Waals surface area contributed by atoms with Crippen LogP contribution in [-0.2, 0) is 6.54 Å². The van der Waals surface area contributed by atoms with Crippen LogP contribution in [0, 0.1) is 23.4 Å². The molecule has 1 fully saturated rings. The first-order chi connectivity index (χ1) is 8.60. The van der Waals surface area contributed by atoms with Gasteiger partial charge in [-0.25, -0.2) is 13.2 Å². The first kappa shape index (κ1) is 16.3. The molecule has 1 aliphatic heterocycles. The van der Waals surface area contributed by atoms with E-state index in [1.807, 2.05) is 0 Å². The molecule has 0 bridgehead atoms. The second-order valence-corrected chi connectivity index (χ2v) is 4.83. The highest BCUT2D eigenvalue weighted by atomic mass is 35.5. The lowest BCUT2D eigenvalue weighted by Gasteiger charge is -2.31. The molecule has 1 heterocycles. The molecule has 1 aromatic carbocycles. The smallest absolute Gasteiger partial charge is 0.194 e. The third kappa shape index (κ3) is 4.09. The normalized spacial score (nSPS) is 17.3. The van der Waals surface area contributed by atoms with Crippen molar-refractivity contribution in [1.29, 1.82) is 0 Å². The van der Waals surface area contributed by atoms with E-state index >= 15 is 0 Å². The van der Waals surface area contributed by atoms with E-state index in [9.17, 15) is 13.2 Å². The zero-order valence-electron chi connectivity index (χ0n) is 10.5. The number of benzene rings is 1.